The van der Waals surface area contributed by atoms with Crippen molar-refractivity contribution in [2.45, 2.75) is 0 Å². The van der Waals surface area contributed by atoms with Crippen LogP contribution in [0.4, 0.5) is 11.4 Å². The van der Waals surface area contributed by atoms with Gasteiger partial charge in [-0.2, -0.15) is 0 Å². The summed E-state index contributed by atoms with van der Waals surface area (Å²) in [6, 6.07) is 16.5. The maximum absolute atomic E-state index is 10.1. The van der Waals surface area contributed by atoms with Crippen LogP contribution in [-0.2, 0) is 0 Å². The maximum Gasteiger partial charge on any atom is 0.143 e. The van der Waals surface area contributed by atoms with Crippen molar-refractivity contribution in [2.24, 2.45) is 10.2 Å². The van der Waals surface area contributed by atoms with E-state index in [1.807, 2.05) is 42.5 Å². The summed E-state index contributed by atoms with van der Waals surface area (Å²) in [6.07, 6.45) is 3.45. The number of fused-ring (bicyclic) bond motifs is 2. The van der Waals surface area contributed by atoms with Crippen LogP contribution in [0.25, 0.3) is 21.8 Å². The number of pyridine rings is 2. The lowest BCUT2D eigenvalue weighted by Gasteiger charge is -2.03. The van der Waals surface area contributed by atoms with Gasteiger partial charge in [0.15, 0.2) is 0 Å². The summed E-state index contributed by atoms with van der Waals surface area (Å²) in [4.78, 5) is 8.57. The molecule has 0 atom stereocenters. The molecule has 2 aromatic heterocycles. The molecule has 110 valence electrons. The van der Waals surface area contributed by atoms with Gasteiger partial charge in [-0.3, -0.25) is 9.97 Å². The van der Waals surface area contributed by atoms with Gasteiger partial charge in [-0.1, -0.05) is 6.07 Å². The molecule has 4 rings (SSSR count). The molecule has 5 heteroatoms. The van der Waals surface area contributed by atoms with Crippen LogP contribution in [0.1, 0.15) is 0 Å². The summed E-state index contributed by atoms with van der Waals surface area (Å²) < 4.78 is 0. The first kappa shape index (κ1) is 13.3. The fourth-order valence-corrected chi connectivity index (χ4v) is 2.51. The minimum absolute atomic E-state index is 0.0765. The van der Waals surface area contributed by atoms with Crippen LogP contribution in [0.15, 0.2) is 77.2 Å². The average Bonchev–Trinajstić information content (AvgIpc) is 2.61. The maximum atomic E-state index is 10.1. The van der Waals surface area contributed by atoms with E-state index in [4.69, 9.17) is 0 Å². The Labute approximate surface area is 132 Å². The summed E-state index contributed by atoms with van der Waals surface area (Å²) in [5, 5.41) is 20.4. The van der Waals surface area contributed by atoms with Crippen LogP contribution < -0.4 is 0 Å². The van der Waals surface area contributed by atoms with E-state index in [-0.39, 0.29) is 5.75 Å². The Kier molecular flexibility index (Phi) is 3.16. The lowest BCUT2D eigenvalue weighted by atomic mass is 10.1. The number of rotatable bonds is 2. The van der Waals surface area contributed by atoms with E-state index >= 15 is 0 Å². The van der Waals surface area contributed by atoms with Crippen molar-refractivity contribution in [1.29, 1.82) is 0 Å². The van der Waals surface area contributed by atoms with Crippen molar-refractivity contribution in [1.82, 2.24) is 9.97 Å². The Morgan fingerprint density at radius 3 is 2.26 bits per heavy atom. The molecule has 0 saturated carbocycles. The first-order valence-electron chi connectivity index (χ1n) is 7.15. The van der Waals surface area contributed by atoms with Gasteiger partial charge in [0, 0.05) is 23.2 Å². The fraction of sp³-hybridized carbons (Fsp3) is 0. The second kappa shape index (κ2) is 5.46. The van der Waals surface area contributed by atoms with Crippen molar-refractivity contribution in [3.63, 3.8) is 0 Å². The minimum atomic E-state index is 0.0765. The van der Waals surface area contributed by atoms with Crippen LogP contribution in [0.2, 0.25) is 0 Å². The SMILES string of the molecule is Oc1ccc2ncccc2c1N=Nc1cccc2ncccc12. The molecular weight excluding hydrogens is 288 g/mol. The van der Waals surface area contributed by atoms with Crippen molar-refractivity contribution in [3.8, 4) is 5.75 Å². The zero-order valence-corrected chi connectivity index (χ0v) is 12.1. The van der Waals surface area contributed by atoms with E-state index < -0.39 is 0 Å². The minimum Gasteiger partial charge on any atom is -0.506 e. The first-order chi connectivity index (χ1) is 11.3. The lowest BCUT2D eigenvalue weighted by Crippen LogP contribution is -1.79. The third-order valence-corrected chi connectivity index (χ3v) is 3.62. The number of aromatic nitrogens is 2. The topological polar surface area (TPSA) is 70.7 Å². The van der Waals surface area contributed by atoms with Crippen molar-refractivity contribution in [2.75, 3.05) is 0 Å². The summed E-state index contributed by atoms with van der Waals surface area (Å²) >= 11 is 0. The van der Waals surface area contributed by atoms with Gasteiger partial charge in [-0.25, -0.2) is 0 Å². The van der Waals surface area contributed by atoms with Crippen LogP contribution >= 0.6 is 0 Å². The van der Waals surface area contributed by atoms with Gasteiger partial charge in [0.25, 0.3) is 0 Å². The summed E-state index contributed by atoms with van der Waals surface area (Å²) in [5.74, 6) is 0.0765. The van der Waals surface area contributed by atoms with Gasteiger partial charge >= 0.3 is 0 Å². The standard InChI is InChI=1S/C18H12N4O/c23-17-9-8-15-13(5-3-11-20-15)18(17)22-21-16-7-1-6-14-12(16)4-2-10-19-14/h1-11,23H. The normalized spacial score (nSPS) is 11.5. The molecule has 0 bridgehead atoms. The molecule has 23 heavy (non-hydrogen) atoms. The van der Waals surface area contributed by atoms with E-state index in [0.29, 0.717) is 11.4 Å². The smallest absolute Gasteiger partial charge is 0.143 e. The van der Waals surface area contributed by atoms with Crippen LogP contribution in [0, 0.1) is 0 Å². The number of phenolic OH excluding ortho intramolecular Hbond substituents is 1. The number of hydrogen-bond acceptors (Lipinski definition) is 5. The Balaban J connectivity index is 1.87. The largest absolute Gasteiger partial charge is 0.506 e. The summed E-state index contributed by atoms with van der Waals surface area (Å²) in [7, 11) is 0. The Morgan fingerprint density at radius 2 is 1.43 bits per heavy atom. The molecule has 2 heterocycles. The van der Waals surface area contributed by atoms with E-state index in [9.17, 15) is 5.11 Å². The molecule has 0 radical (unpaired) electrons. The highest BCUT2D eigenvalue weighted by molar-refractivity contribution is 5.93. The highest BCUT2D eigenvalue weighted by atomic mass is 16.3. The third kappa shape index (κ3) is 2.38. The van der Waals surface area contributed by atoms with E-state index in [2.05, 4.69) is 20.2 Å². The van der Waals surface area contributed by atoms with Gasteiger partial charge in [0.2, 0.25) is 0 Å². The van der Waals surface area contributed by atoms with E-state index in [0.717, 1.165) is 21.8 Å². The van der Waals surface area contributed by atoms with Gasteiger partial charge in [-0.15, -0.1) is 10.2 Å². The number of nitrogens with zero attached hydrogens (tertiary/aromatic N) is 4. The quantitative estimate of drug-likeness (QED) is 0.535. The Hall–Kier alpha value is -3.34. The number of azo groups is 1. The van der Waals surface area contributed by atoms with Crippen molar-refractivity contribution in [3.05, 3.63) is 67.0 Å². The van der Waals surface area contributed by atoms with Crippen LogP contribution in [0.3, 0.4) is 0 Å². The molecule has 5 nitrogen and oxygen atoms in total. The predicted octanol–water partition coefficient (Wildman–Crippen LogP) is 4.90. The summed E-state index contributed by atoms with van der Waals surface area (Å²) in [5.41, 5.74) is 2.74. The Morgan fingerprint density at radius 1 is 0.696 bits per heavy atom. The first-order valence-corrected chi connectivity index (χ1v) is 7.15. The molecule has 0 aliphatic heterocycles. The molecule has 0 spiro atoms. The van der Waals surface area contributed by atoms with E-state index in [1.54, 1.807) is 24.5 Å². The van der Waals surface area contributed by atoms with Gasteiger partial charge in [-0.05, 0) is 48.5 Å². The summed E-state index contributed by atoms with van der Waals surface area (Å²) in [6.45, 7) is 0. The number of benzene rings is 2. The van der Waals surface area contributed by atoms with Gasteiger partial charge < -0.3 is 5.11 Å². The molecule has 2 aromatic carbocycles. The zero-order chi connectivity index (χ0) is 15.6. The predicted molar refractivity (Wildman–Crippen MR) is 89.3 cm³/mol. The molecule has 1 N–H and O–H groups in total. The number of aromatic hydroxyl groups is 1. The van der Waals surface area contributed by atoms with Gasteiger partial charge in [0.1, 0.15) is 11.4 Å². The molecule has 0 aliphatic rings. The molecule has 0 saturated heterocycles. The third-order valence-electron chi connectivity index (χ3n) is 3.62. The second-order valence-corrected chi connectivity index (χ2v) is 5.05. The lowest BCUT2D eigenvalue weighted by molar-refractivity contribution is 0.477. The highest BCUT2D eigenvalue weighted by Gasteiger charge is 2.07. The molecule has 0 amide bonds. The van der Waals surface area contributed by atoms with E-state index in [1.165, 1.54) is 0 Å². The second-order valence-electron chi connectivity index (χ2n) is 5.05. The fourth-order valence-electron chi connectivity index (χ4n) is 2.51. The molecule has 0 unspecified atom stereocenters. The van der Waals surface area contributed by atoms with Crippen LogP contribution in [-0.4, -0.2) is 15.1 Å². The molecule has 4 aromatic rings. The molecular formula is C18H12N4O. The number of phenols is 1. The zero-order valence-electron chi connectivity index (χ0n) is 12.1. The molecule has 0 aliphatic carbocycles. The molecule has 0 fully saturated rings. The highest BCUT2D eigenvalue weighted by Crippen LogP contribution is 2.36. The van der Waals surface area contributed by atoms with Crippen molar-refractivity contribution >= 4 is 33.2 Å². The Bertz CT molecular complexity index is 1040. The number of hydrogen-bond donors (Lipinski definition) is 1. The van der Waals surface area contributed by atoms with Crippen LogP contribution in [0.5, 0.6) is 5.75 Å². The average molecular weight is 300 g/mol. The van der Waals surface area contributed by atoms with Crippen molar-refractivity contribution < 1.29 is 5.11 Å². The monoisotopic (exact) mass is 300 g/mol. The van der Waals surface area contributed by atoms with Gasteiger partial charge in [0.05, 0.1) is 16.7 Å².